The van der Waals surface area contributed by atoms with E-state index in [2.05, 4.69) is 0 Å². The second-order valence-corrected chi connectivity index (χ2v) is 5.63. The summed E-state index contributed by atoms with van der Waals surface area (Å²) in [6.07, 6.45) is 0.903. The van der Waals surface area contributed by atoms with Crippen LogP contribution >= 0.6 is 0 Å². The summed E-state index contributed by atoms with van der Waals surface area (Å²) in [7, 11) is 3.67. The van der Waals surface area contributed by atoms with Crippen molar-refractivity contribution in [3.63, 3.8) is 0 Å². The maximum absolute atomic E-state index is 12.7. The van der Waals surface area contributed by atoms with Gasteiger partial charge >= 0.3 is 5.97 Å². The molecule has 0 bridgehead atoms. The summed E-state index contributed by atoms with van der Waals surface area (Å²) < 4.78 is 5.50. The fourth-order valence-electron chi connectivity index (χ4n) is 2.26. The van der Waals surface area contributed by atoms with E-state index in [1.807, 2.05) is 25.9 Å². The largest absolute Gasteiger partial charge is 0.494 e. The van der Waals surface area contributed by atoms with Gasteiger partial charge in [0, 0.05) is 30.9 Å². The summed E-state index contributed by atoms with van der Waals surface area (Å²) in [6, 6.07) is 11.5. The molecule has 5 heteroatoms. The van der Waals surface area contributed by atoms with Crippen molar-refractivity contribution in [3.8, 4) is 5.75 Å². The number of carbonyl (C=O) groups is 2. The van der Waals surface area contributed by atoms with Crippen LogP contribution in [0.4, 0.5) is 5.69 Å². The van der Waals surface area contributed by atoms with Crippen molar-refractivity contribution in [1.82, 2.24) is 0 Å². The lowest BCUT2D eigenvalue weighted by atomic mass is 9.97. The van der Waals surface area contributed by atoms with Crippen LogP contribution in [0.5, 0.6) is 5.75 Å². The van der Waals surface area contributed by atoms with Gasteiger partial charge in [0.1, 0.15) is 5.75 Å². The van der Waals surface area contributed by atoms with Crippen LogP contribution in [0, 0.1) is 0 Å². The summed E-state index contributed by atoms with van der Waals surface area (Å²) >= 11 is 0. The predicted octanol–water partition coefficient (Wildman–Crippen LogP) is 3.47. The fourth-order valence-corrected chi connectivity index (χ4v) is 2.26. The van der Waals surface area contributed by atoms with E-state index in [4.69, 9.17) is 4.74 Å². The number of carboxylic acid groups (broad SMARTS) is 1. The van der Waals surface area contributed by atoms with Gasteiger partial charge in [0.25, 0.3) is 0 Å². The Morgan fingerprint density at radius 1 is 1.04 bits per heavy atom. The Hall–Kier alpha value is -2.82. The lowest BCUT2D eigenvalue weighted by Gasteiger charge is -2.15. The molecule has 0 aliphatic carbocycles. The van der Waals surface area contributed by atoms with Gasteiger partial charge in [0.15, 0.2) is 5.78 Å². The molecule has 0 atom stereocenters. The Morgan fingerprint density at radius 3 is 2.25 bits per heavy atom. The molecule has 0 aliphatic rings. The van der Waals surface area contributed by atoms with Crippen LogP contribution in [0.15, 0.2) is 42.5 Å². The summed E-state index contributed by atoms with van der Waals surface area (Å²) in [5.41, 5.74) is 1.37. The van der Waals surface area contributed by atoms with E-state index in [1.54, 1.807) is 36.4 Å². The lowest BCUT2D eigenvalue weighted by Crippen LogP contribution is -2.14. The number of anilines is 1. The Labute approximate surface area is 141 Å². The summed E-state index contributed by atoms with van der Waals surface area (Å²) in [6.45, 7) is 2.63. The summed E-state index contributed by atoms with van der Waals surface area (Å²) in [5.74, 6) is -0.751. The van der Waals surface area contributed by atoms with E-state index in [-0.39, 0.29) is 16.9 Å². The molecular formula is C19H21NO4. The van der Waals surface area contributed by atoms with Gasteiger partial charge in [0.2, 0.25) is 0 Å². The van der Waals surface area contributed by atoms with Crippen molar-refractivity contribution in [2.24, 2.45) is 0 Å². The Bertz CT molecular complexity index is 736. The van der Waals surface area contributed by atoms with E-state index >= 15 is 0 Å². The molecule has 0 fully saturated rings. The zero-order chi connectivity index (χ0) is 17.7. The van der Waals surface area contributed by atoms with Crippen molar-refractivity contribution in [2.45, 2.75) is 13.3 Å². The molecule has 2 aromatic rings. The molecule has 0 amide bonds. The zero-order valence-electron chi connectivity index (χ0n) is 14.1. The molecule has 0 heterocycles. The van der Waals surface area contributed by atoms with Crippen LogP contribution in [-0.2, 0) is 0 Å². The van der Waals surface area contributed by atoms with E-state index in [0.717, 1.165) is 12.1 Å². The number of aromatic carboxylic acids is 1. The van der Waals surface area contributed by atoms with Crippen LogP contribution in [0.3, 0.4) is 0 Å². The number of carboxylic acids is 1. The van der Waals surface area contributed by atoms with Gasteiger partial charge in [-0.2, -0.15) is 0 Å². The number of hydrogen-bond acceptors (Lipinski definition) is 4. The van der Waals surface area contributed by atoms with Crippen LogP contribution in [0.25, 0.3) is 0 Å². The highest BCUT2D eigenvalue weighted by molar-refractivity contribution is 6.14. The van der Waals surface area contributed by atoms with Crippen molar-refractivity contribution in [1.29, 1.82) is 0 Å². The van der Waals surface area contributed by atoms with Crippen molar-refractivity contribution in [2.75, 3.05) is 25.6 Å². The molecule has 0 saturated heterocycles. The number of rotatable bonds is 7. The molecule has 5 nitrogen and oxygen atoms in total. The van der Waals surface area contributed by atoms with E-state index in [0.29, 0.717) is 17.9 Å². The standard InChI is InChI=1S/C19H21NO4/c1-4-11-24-15-8-5-13(6-9-15)18(21)17-12-14(20(2)3)7-10-16(17)19(22)23/h5-10,12H,4,11H2,1-3H3,(H,22,23). The second kappa shape index (κ2) is 7.64. The van der Waals surface area contributed by atoms with Crippen LogP contribution in [-0.4, -0.2) is 37.6 Å². The van der Waals surface area contributed by atoms with E-state index in [9.17, 15) is 14.7 Å². The third kappa shape index (κ3) is 3.93. The van der Waals surface area contributed by atoms with Crippen LogP contribution in [0.2, 0.25) is 0 Å². The van der Waals surface area contributed by atoms with Gasteiger partial charge in [-0.25, -0.2) is 4.79 Å². The van der Waals surface area contributed by atoms with Crippen molar-refractivity contribution in [3.05, 3.63) is 59.2 Å². The Kier molecular flexibility index (Phi) is 5.58. The van der Waals surface area contributed by atoms with Gasteiger partial charge < -0.3 is 14.7 Å². The minimum absolute atomic E-state index is 0.00286. The van der Waals surface area contributed by atoms with Crippen molar-refractivity contribution < 1.29 is 19.4 Å². The second-order valence-electron chi connectivity index (χ2n) is 5.63. The molecule has 24 heavy (non-hydrogen) atoms. The number of nitrogens with zero attached hydrogens (tertiary/aromatic N) is 1. The fraction of sp³-hybridized carbons (Fsp3) is 0.263. The third-order valence-electron chi connectivity index (χ3n) is 3.58. The number of ether oxygens (including phenoxy) is 1. The van der Waals surface area contributed by atoms with Crippen LogP contribution in [0.1, 0.15) is 39.6 Å². The lowest BCUT2D eigenvalue weighted by molar-refractivity contribution is 0.0693. The smallest absolute Gasteiger partial charge is 0.336 e. The monoisotopic (exact) mass is 327 g/mol. The van der Waals surface area contributed by atoms with Gasteiger partial charge in [-0.15, -0.1) is 0 Å². The molecule has 0 aromatic heterocycles. The molecule has 0 radical (unpaired) electrons. The first kappa shape index (κ1) is 17.5. The van der Waals surface area contributed by atoms with Crippen LogP contribution < -0.4 is 9.64 Å². The molecule has 2 aromatic carbocycles. The first-order valence-electron chi connectivity index (χ1n) is 7.76. The quantitative estimate of drug-likeness (QED) is 0.789. The van der Waals surface area contributed by atoms with Gasteiger partial charge in [-0.1, -0.05) is 6.92 Å². The highest BCUT2D eigenvalue weighted by Crippen LogP contribution is 2.22. The van der Waals surface area contributed by atoms with Gasteiger partial charge in [0.05, 0.1) is 12.2 Å². The predicted molar refractivity (Wildman–Crippen MR) is 93.4 cm³/mol. The third-order valence-corrected chi connectivity index (χ3v) is 3.58. The van der Waals surface area contributed by atoms with Gasteiger partial charge in [-0.05, 0) is 48.9 Å². The van der Waals surface area contributed by atoms with Crippen molar-refractivity contribution >= 4 is 17.4 Å². The minimum atomic E-state index is -1.12. The maximum atomic E-state index is 12.7. The number of benzene rings is 2. The van der Waals surface area contributed by atoms with E-state index < -0.39 is 5.97 Å². The number of ketones is 1. The molecule has 126 valence electrons. The van der Waals surface area contributed by atoms with Gasteiger partial charge in [-0.3, -0.25) is 4.79 Å². The molecule has 0 spiro atoms. The minimum Gasteiger partial charge on any atom is -0.494 e. The Balaban J connectivity index is 2.37. The molecule has 0 saturated carbocycles. The molecule has 2 rings (SSSR count). The highest BCUT2D eigenvalue weighted by atomic mass is 16.5. The zero-order valence-corrected chi connectivity index (χ0v) is 14.1. The summed E-state index contributed by atoms with van der Waals surface area (Å²) in [5, 5.41) is 9.35. The normalized spacial score (nSPS) is 10.3. The number of carbonyl (C=O) groups excluding carboxylic acids is 1. The molecule has 1 N–H and O–H groups in total. The molecule has 0 unspecified atom stereocenters. The van der Waals surface area contributed by atoms with E-state index in [1.165, 1.54) is 6.07 Å². The Morgan fingerprint density at radius 2 is 1.71 bits per heavy atom. The molecule has 0 aliphatic heterocycles. The average molecular weight is 327 g/mol. The highest BCUT2D eigenvalue weighted by Gasteiger charge is 2.19. The molecular weight excluding hydrogens is 306 g/mol. The SMILES string of the molecule is CCCOc1ccc(C(=O)c2cc(N(C)C)ccc2C(=O)O)cc1. The first-order valence-corrected chi connectivity index (χ1v) is 7.76. The first-order chi connectivity index (χ1) is 11.4. The average Bonchev–Trinajstić information content (AvgIpc) is 2.59. The maximum Gasteiger partial charge on any atom is 0.336 e. The number of hydrogen-bond donors (Lipinski definition) is 1. The topological polar surface area (TPSA) is 66.8 Å². The summed E-state index contributed by atoms with van der Waals surface area (Å²) in [4.78, 5) is 26.0.